The predicted octanol–water partition coefficient (Wildman–Crippen LogP) is 2.34. The summed E-state index contributed by atoms with van der Waals surface area (Å²) in [5, 5.41) is 8.44. The molecule has 1 saturated heterocycles. The first-order chi connectivity index (χ1) is 8.94. The van der Waals surface area contributed by atoms with Crippen LogP contribution in [0.2, 0.25) is 0 Å². The molecule has 1 fully saturated rings. The van der Waals surface area contributed by atoms with E-state index in [0.717, 1.165) is 0 Å². The first-order valence-corrected chi connectivity index (χ1v) is 5.62. The van der Waals surface area contributed by atoms with E-state index in [-0.39, 0.29) is 11.3 Å². The van der Waals surface area contributed by atoms with E-state index in [2.05, 4.69) is 0 Å². The smallest absolute Gasteiger partial charge is 0.471 e. The van der Waals surface area contributed by atoms with Crippen molar-refractivity contribution in [2.24, 2.45) is 0 Å². The Bertz CT molecular complexity index is 391. The van der Waals surface area contributed by atoms with Gasteiger partial charge >= 0.3 is 24.2 Å². The van der Waals surface area contributed by atoms with Crippen LogP contribution in [0.25, 0.3) is 0 Å². The molecule has 1 heterocycles. The molecule has 0 saturated carbocycles. The third-order valence-corrected chi connectivity index (χ3v) is 3.05. The normalized spacial score (nSPS) is 24.0. The number of hydrogen-bond donors (Lipinski definition) is 1. The maximum atomic E-state index is 12.7. The van der Waals surface area contributed by atoms with Crippen molar-refractivity contribution in [3.8, 4) is 0 Å². The molecule has 0 spiro atoms. The minimum Gasteiger partial charge on any atom is -0.481 e. The second-order valence-corrected chi connectivity index (χ2v) is 4.43. The van der Waals surface area contributed by atoms with Gasteiger partial charge in [-0.1, -0.05) is 0 Å². The highest BCUT2D eigenvalue weighted by Gasteiger charge is 2.56. The number of amides is 1. The van der Waals surface area contributed by atoms with Crippen LogP contribution < -0.4 is 0 Å². The van der Waals surface area contributed by atoms with Crippen molar-refractivity contribution >= 4 is 11.9 Å². The fourth-order valence-corrected chi connectivity index (χ4v) is 2.23. The first-order valence-electron chi connectivity index (χ1n) is 5.62. The molecule has 1 rings (SSSR count). The highest BCUT2D eigenvalue weighted by molar-refractivity contribution is 5.83. The Morgan fingerprint density at radius 3 is 2.05 bits per heavy atom. The molecule has 20 heavy (non-hydrogen) atoms. The van der Waals surface area contributed by atoms with Crippen LogP contribution in [0.3, 0.4) is 0 Å². The minimum atomic E-state index is -5.42. The van der Waals surface area contributed by atoms with Crippen LogP contribution in [0, 0.1) is 0 Å². The molecular formula is C10H11F6NO3. The number of rotatable bonds is 3. The van der Waals surface area contributed by atoms with Gasteiger partial charge in [0.1, 0.15) is 6.04 Å². The van der Waals surface area contributed by atoms with Gasteiger partial charge < -0.3 is 10.0 Å². The number of halogens is 6. The lowest BCUT2D eigenvalue weighted by atomic mass is 10.1. The average molecular weight is 307 g/mol. The van der Waals surface area contributed by atoms with Gasteiger partial charge in [0.25, 0.3) is 0 Å². The van der Waals surface area contributed by atoms with E-state index in [0.29, 0.717) is 0 Å². The van der Waals surface area contributed by atoms with Gasteiger partial charge in [-0.3, -0.25) is 9.59 Å². The quantitative estimate of drug-likeness (QED) is 0.814. The van der Waals surface area contributed by atoms with Gasteiger partial charge in [-0.2, -0.15) is 26.3 Å². The Morgan fingerprint density at radius 2 is 1.65 bits per heavy atom. The first kappa shape index (κ1) is 16.6. The van der Waals surface area contributed by atoms with Gasteiger partial charge in [-0.05, 0) is 19.3 Å². The van der Waals surface area contributed by atoms with E-state index >= 15 is 0 Å². The summed E-state index contributed by atoms with van der Waals surface area (Å²) in [6, 6.07) is -3.89. The SMILES string of the molecule is O=C(O)CC[C@H]1CC[C@@H](C(F)(F)F)N1C(=O)C(F)(F)F. The number of alkyl halides is 6. The second kappa shape index (κ2) is 5.49. The molecule has 10 heteroatoms. The predicted molar refractivity (Wildman–Crippen MR) is 52.6 cm³/mol. The van der Waals surface area contributed by atoms with E-state index in [1.165, 1.54) is 0 Å². The molecule has 4 nitrogen and oxygen atoms in total. The molecule has 0 bridgehead atoms. The van der Waals surface area contributed by atoms with Crippen molar-refractivity contribution in [2.75, 3.05) is 0 Å². The Labute approximate surface area is 109 Å². The zero-order valence-corrected chi connectivity index (χ0v) is 9.96. The fraction of sp³-hybridized carbons (Fsp3) is 0.800. The molecule has 1 aliphatic heterocycles. The van der Waals surface area contributed by atoms with Gasteiger partial charge in [0.15, 0.2) is 0 Å². The van der Waals surface area contributed by atoms with E-state index < -0.39 is 55.6 Å². The Balaban J connectivity index is 2.97. The standard InChI is InChI=1S/C10H11F6NO3/c11-9(12,13)6-3-1-5(2-4-7(18)19)17(6)8(20)10(14,15)16/h5-6H,1-4H2,(H,18,19)/t5-,6+/m1/s1. The summed E-state index contributed by atoms with van der Waals surface area (Å²) >= 11 is 0. The summed E-state index contributed by atoms with van der Waals surface area (Å²) in [7, 11) is 0. The summed E-state index contributed by atoms with van der Waals surface area (Å²) < 4.78 is 75.0. The summed E-state index contributed by atoms with van der Waals surface area (Å²) in [5.41, 5.74) is 0. The monoisotopic (exact) mass is 307 g/mol. The Morgan fingerprint density at radius 1 is 1.10 bits per heavy atom. The second-order valence-electron chi connectivity index (χ2n) is 4.43. The van der Waals surface area contributed by atoms with Crippen LogP contribution in [0.15, 0.2) is 0 Å². The van der Waals surface area contributed by atoms with Gasteiger partial charge in [0, 0.05) is 12.5 Å². The highest BCUT2D eigenvalue weighted by Crippen LogP contribution is 2.39. The molecule has 0 unspecified atom stereocenters. The lowest BCUT2D eigenvalue weighted by Gasteiger charge is -2.31. The molecule has 0 radical (unpaired) electrons. The van der Waals surface area contributed by atoms with Gasteiger partial charge in [0.05, 0.1) is 0 Å². The van der Waals surface area contributed by atoms with Crippen molar-refractivity contribution in [2.45, 2.75) is 50.1 Å². The van der Waals surface area contributed by atoms with Crippen LogP contribution >= 0.6 is 0 Å². The van der Waals surface area contributed by atoms with E-state index in [1.54, 1.807) is 0 Å². The number of nitrogens with zero attached hydrogens (tertiary/aromatic N) is 1. The molecule has 1 aliphatic rings. The van der Waals surface area contributed by atoms with Gasteiger partial charge in [-0.25, -0.2) is 0 Å². The fourth-order valence-electron chi connectivity index (χ4n) is 2.23. The molecule has 0 aromatic heterocycles. The van der Waals surface area contributed by atoms with Crippen molar-refractivity contribution < 1.29 is 41.0 Å². The minimum absolute atomic E-state index is 0.261. The summed E-state index contributed by atoms with van der Waals surface area (Å²) in [6.07, 6.45) is -12.4. The number of carbonyl (C=O) groups excluding carboxylic acids is 1. The topological polar surface area (TPSA) is 57.6 Å². The highest BCUT2D eigenvalue weighted by atomic mass is 19.4. The molecule has 0 aromatic rings. The summed E-state index contributed by atoms with van der Waals surface area (Å²) in [6.45, 7) is 0. The van der Waals surface area contributed by atoms with Crippen molar-refractivity contribution in [1.82, 2.24) is 4.90 Å². The Hall–Kier alpha value is -1.48. The zero-order chi connectivity index (χ0) is 15.7. The van der Waals surface area contributed by atoms with Crippen molar-refractivity contribution in [3.05, 3.63) is 0 Å². The van der Waals surface area contributed by atoms with Crippen LogP contribution in [-0.4, -0.2) is 46.3 Å². The molecule has 116 valence electrons. The van der Waals surface area contributed by atoms with E-state index in [9.17, 15) is 35.9 Å². The van der Waals surface area contributed by atoms with E-state index in [1.807, 2.05) is 0 Å². The van der Waals surface area contributed by atoms with Crippen LogP contribution in [0.1, 0.15) is 25.7 Å². The van der Waals surface area contributed by atoms with Crippen LogP contribution in [0.5, 0.6) is 0 Å². The lowest BCUT2D eigenvalue weighted by Crippen LogP contribution is -2.52. The van der Waals surface area contributed by atoms with Crippen LogP contribution in [0.4, 0.5) is 26.3 Å². The lowest BCUT2D eigenvalue weighted by molar-refractivity contribution is -0.212. The average Bonchev–Trinajstić information content (AvgIpc) is 2.66. The number of carbonyl (C=O) groups is 2. The molecule has 0 aliphatic carbocycles. The van der Waals surface area contributed by atoms with E-state index in [4.69, 9.17) is 5.11 Å². The molecule has 2 atom stereocenters. The van der Waals surface area contributed by atoms with Crippen molar-refractivity contribution in [1.29, 1.82) is 0 Å². The number of aliphatic carboxylic acids is 1. The largest absolute Gasteiger partial charge is 0.481 e. The van der Waals surface area contributed by atoms with Crippen molar-refractivity contribution in [3.63, 3.8) is 0 Å². The Kier molecular flexibility index (Phi) is 4.55. The molecule has 0 aromatic carbocycles. The molecule has 1 amide bonds. The van der Waals surface area contributed by atoms with Gasteiger partial charge in [0.2, 0.25) is 0 Å². The number of carboxylic acid groups (broad SMARTS) is 1. The van der Waals surface area contributed by atoms with Crippen LogP contribution in [-0.2, 0) is 9.59 Å². The third kappa shape index (κ3) is 3.76. The maximum absolute atomic E-state index is 12.7. The number of carboxylic acids is 1. The maximum Gasteiger partial charge on any atom is 0.471 e. The summed E-state index contributed by atoms with van der Waals surface area (Å²) in [4.78, 5) is 21.2. The summed E-state index contributed by atoms with van der Waals surface area (Å²) in [5.74, 6) is -3.92. The molecular weight excluding hydrogens is 296 g/mol. The van der Waals surface area contributed by atoms with Gasteiger partial charge in [-0.15, -0.1) is 0 Å². The number of hydrogen-bond acceptors (Lipinski definition) is 2. The number of likely N-dealkylation sites (tertiary alicyclic amines) is 1. The molecule has 1 N–H and O–H groups in total. The zero-order valence-electron chi connectivity index (χ0n) is 9.96. The third-order valence-electron chi connectivity index (χ3n) is 3.05.